The molecular weight excluding hydrogens is 360 g/mol. The van der Waals surface area contributed by atoms with Crippen LogP contribution in [0.5, 0.6) is 23.0 Å². The van der Waals surface area contributed by atoms with Crippen LogP contribution >= 0.6 is 0 Å². The summed E-state index contributed by atoms with van der Waals surface area (Å²) in [5, 5.41) is 9.60. The van der Waals surface area contributed by atoms with Crippen molar-refractivity contribution in [2.24, 2.45) is 0 Å². The zero-order chi connectivity index (χ0) is 19.9. The lowest BCUT2D eigenvalue weighted by atomic mass is 10.1. The van der Waals surface area contributed by atoms with Gasteiger partial charge in [0.15, 0.2) is 17.3 Å². The van der Waals surface area contributed by atoms with Crippen LogP contribution in [0.2, 0.25) is 0 Å². The molecule has 1 aromatic heterocycles. The fourth-order valence-electron chi connectivity index (χ4n) is 2.47. The number of carbonyl (C=O) groups is 1. The molecule has 6 heteroatoms. The topological polar surface area (TPSA) is 78.1 Å². The summed E-state index contributed by atoms with van der Waals surface area (Å²) in [6.45, 7) is 0.267. The van der Waals surface area contributed by atoms with Crippen molar-refractivity contribution in [3.05, 3.63) is 77.8 Å². The molecule has 0 aliphatic heterocycles. The second-order valence-corrected chi connectivity index (χ2v) is 5.85. The van der Waals surface area contributed by atoms with Crippen molar-refractivity contribution in [1.29, 1.82) is 0 Å². The first-order chi connectivity index (χ1) is 13.6. The molecule has 3 aromatic rings. The number of allylic oxidation sites excluding steroid dienone is 1. The zero-order valence-corrected chi connectivity index (χ0v) is 15.5. The van der Waals surface area contributed by atoms with Crippen LogP contribution in [0.3, 0.4) is 0 Å². The summed E-state index contributed by atoms with van der Waals surface area (Å²) in [6, 6.07) is 15.2. The summed E-state index contributed by atoms with van der Waals surface area (Å²) in [5.74, 6) is 2.62. The molecule has 0 saturated carbocycles. The summed E-state index contributed by atoms with van der Waals surface area (Å²) >= 11 is 0. The molecule has 0 amide bonds. The fraction of sp³-hybridized carbons (Fsp3) is 0.136. The quantitative estimate of drug-likeness (QED) is 0.459. The van der Waals surface area contributed by atoms with Crippen LogP contribution in [0.1, 0.15) is 21.9 Å². The number of phenols is 1. The molecule has 2 aromatic carbocycles. The summed E-state index contributed by atoms with van der Waals surface area (Å²) in [7, 11) is 3.04. The molecule has 28 heavy (non-hydrogen) atoms. The van der Waals surface area contributed by atoms with Gasteiger partial charge in [0, 0.05) is 5.56 Å². The number of carbonyl (C=O) groups excluding carboxylic acids is 1. The minimum atomic E-state index is -0.231. The van der Waals surface area contributed by atoms with Gasteiger partial charge in [-0.15, -0.1) is 0 Å². The molecule has 144 valence electrons. The number of benzene rings is 2. The summed E-state index contributed by atoms with van der Waals surface area (Å²) in [4.78, 5) is 12.3. The van der Waals surface area contributed by atoms with Crippen LogP contribution in [0, 0.1) is 0 Å². The Morgan fingerprint density at radius 1 is 1.00 bits per heavy atom. The normalized spacial score (nSPS) is 10.8. The molecule has 0 atom stereocenters. The molecule has 0 spiro atoms. The molecule has 1 N–H and O–H groups in total. The first-order valence-corrected chi connectivity index (χ1v) is 8.54. The molecule has 0 aliphatic carbocycles. The van der Waals surface area contributed by atoms with Gasteiger partial charge in [0.1, 0.15) is 29.6 Å². The van der Waals surface area contributed by atoms with Crippen molar-refractivity contribution in [3.63, 3.8) is 0 Å². The Hall–Kier alpha value is -3.67. The average molecular weight is 380 g/mol. The lowest BCUT2D eigenvalue weighted by Crippen LogP contribution is -1.95. The van der Waals surface area contributed by atoms with Crippen LogP contribution in [-0.2, 0) is 6.61 Å². The van der Waals surface area contributed by atoms with Crippen LogP contribution < -0.4 is 14.2 Å². The number of hydrogen-bond donors (Lipinski definition) is 1. The molecule has 0 radical (unpaired) electrons. The number of furan rings is 1. The molecule has 0 unspecified atom stereocenters. The monoisotopic (exact) mass is 380 g/mol. The number of phenolic OH excluding ortho intramolecular Hbond substituents is 1. The van der Waals surface area contributed by atoms with E-state index in [1.165, 1.54) is 31.4 Å². The van der Waals surface area contributed by atoms with Gasteiger partial charge in [-0.1, -0.05) is 0 Å². The third kappa shape index (κ3) is 4.73. The second-order valence-electron chi connectivity index (χ2n) is 5.85. The summed E-state index contributed by atoms with van der Waals surface area (Å²) in [6.07, 6.45) is 2.98. The van der Waals surface area contributed by atoms with Crippen LogP contribution in [0.15, 0.2) is 65.1 Å². The second kappa shape index (κ2) is 8.81. The number of aromatic hydroxyl groups is 1. The first kappa shape index (κ1) is 19.1. The Kier molecular flexibility index (Phi) is 6.01. The van der Waals surface area contributed by atoms with E-state index in [2.05, 4.69) is 0 Å². The van der Waals surface area contributed by atoms with E-state index in [0.29, 0.717) is 22.8 Å². The van der Waals surface area contributed by atoms with E-state index in [-0.39, 0.29) is 23.9 Å². The van der Waals surface area contributed by atoms with Gasteiger partial charge in [-0.25, -0.2) is 0 Å². The largest absolute Gasteiger partial charge is 0.504 e. The minimum Gasteiger partial charge on any atom is -0.504 e. The Morgan fingerprint density at radius 2 is 1.75 bits per heavy atom. The maximum Gasteiger partial charge on any atom is 0.186 e. The molecular formula is C22H20O6. The van der Waals surface area contributed by atoms with E-state index in [4.69, 9.17) is 18.6 Å². The molecule has 0 aliphatic rings. The first-order valence-electron chi connectivity index (χ1n) is 8.54. The maximum absolute atomic E-state index is 12.3. The predicted octanol–water partition coefficient (Wildman–Crippen LogP) is 4.48. The Morgan fingerprint density at radius 3 is 2.46 bits per heavy atom. The van der Waals surface area contributed by atoms with Gasteiger partial charge in [0.2, 0.25) is 0 Å². The third-order valence-corrected chi connectivity index (χ3v) is 3.99. The summed E-state index contributed by atoms with van der Waals surface area (Å²) < 4.78 is 21.4. The number of hydrogen-bond acceptors (Lipinski definition) is 6. The highest BCUT2D eigenvalue weighted by Crippen LogP contribution is 2.26. The van der Waals surface area contributed by atoms with Gasteiger partial charge < -0.3 is 23.7 Å². The van der Waals surface area contributed by atoms with Crippen LogP contribution in [0.25, 0.3) is 6.08 Å². The number of ether oxygens (including phenoxy) is 3. The highest BCUT2D eigenvalue weighted by Gasteiger charge is 2.08. The molecule has 1 heterocycles. The lowest BCUT2D eigenvalue weighted by molar-refractivity contribution is 0.104. The predicted molar refractivity (Wildman–Crippen MR) is 104 cm³/mol. The highest BCUT2D eigenvalue weighted by atomic mass is 16.5. The van der Waals surface area contributed by atoms with E-state index >= 15 is 0 Å². The summed E-state index contributed by atoms with van der Waals surface area (Å²) in [5.41, 5.74) is 0.403. The molecule has 6 nitrogen and oxygen atoms in total. The average Bonchev–Trinajstić information content (AvgIpc) is 3.19. The van der Waals surface area contributed by atoms with Crippen molar-refractivity contribution < 1.29 is 28.5 Å². The van der Waals surface area contributed by atoms with Crippen molar-refractivity contribution in [3.8, 4) is 23.0 Å². The van der Waals surface area contributed by atoms with E-state index in [0.717, 1.165) is 5.75 Å². The van der Waals surface area contributed by atoms with E-state index in [1.54, 1.807) is 25.3 Å². The number of methoxy groups -OCH3 is 2. The standard InChI is InChI=1S/C22H20O6/c1-25-16-4-6-17(7-5-16)27-14-19-9-8-18(28-19)10-12-20(23)15-3-11-21(24)22(13-15)26-2/h3-13,24H,14H2,1-2H3/b12-10+. The maximum atomic E-state index is 12.3. The molecule has 0 fully saturated rings. The lowest BCUT2D eigenvalue weighted by Gasteiger charge is -2.05. The SMILES string of the molecule is COc1ccc(OCc2ccc(/C=C/C(=O)c3ccc(O)c(OC)c3)o2)cc1. The van der Waals surface area contributed by atoms with E-state index < -0.39 is 0 Å². The van der Waals surface area contributed by atoms with Gasteiger partial charge in [0.25, 0.3) is 0 Å². The Labute approximate surface area is 162 Å². The molecule has 0 bridgehead atoms. The van der Waals surface area contributed by atoms with Crippen molar-refractivity contribution >= 4 is 11.9 Å². The minimum absolute atomic E-state index is 0.0180. The highest BCUT2D eigenvalue weighted by molar-refractivity contribution is 6.07. The Bertz CT molecular complexity index is 969. The number of rotatable bonds is 8. The fourth-order valence-corrected chi connectivity index (χ4v) is 2.47. The van der Waals surface area contributed by atoms with E-state index in [1.807, 2.05) is 24.3 Å². The van der Waals surface area contributed by atoms with Crippen LogP contribution in [-0.4, -0.2) is 25.1 Å². The van der Waals surface area contributed by atoms with Gasteiger partial charge in [-0.05, 0) is 66.7 Å². The molecule has 0 saturated heterocycles. The smallest absolute Gasteiger partial charge is 0.186 e. The Balaban J connectivity index is 1.59. The van der Waals surface area contributed by atoms with Gasteiger partial charge in [0.05, 0.1) is 14.2 Å². The van der Waals surface area contributed by atoms with Crippen LogP contribution in [0.4, 0.5) is 0 Å². The van der Waals surface area contributed by atoms with Gasteiger partial charge in [-0.3, -0.25) is 4.79 Å². The van der Waals surface area contributed by atoms with Gasteiger partial charge in [-0.2, -0.15) is 0 Å². The van der Waals surface area contributed by atoms with Crippen molar-refractivity contribution in [2.45, 2.75) is 6.61 Å². The van der Waals surface area contributed by atoms with Gasteiger partial charge >= 0.3 is 0 Å². The van der Waals surface area contributed by atoms with Crippen molar-refractivity contribution in [2.75, 3.05) is 14.2 Å². The number of ketones is 1. The third-order valence-electron chi connectivity index (χ3n) is 3.99. The van der Waals surface area contributed by atoms with E-state index in [9.17, 15) is 9.90 Å². The molecule has 3 rings (SSSR count). The van der Waals surface area contributed by atoms with Crippen molar-refractivity contribution in [1.82, 2.24) is 0 Å². The zero-order valence-electron chi connectivity index (χ0n) is 15.5.